The quantitative estimate of drug-likeness (QED) is 0.223. The fraction of sp³-hybridized carbons (Fsp3) is 0.226. The molecule has 1 aliphatic rings. The van der Waals surface area contributed by atoms with E-state index in [4.69, 9.17) is 9.84 Å². The minimum absolute atomic E-state index is 0.217. The molecule has 41 heavy (non-hydrogen) atoms. The van der Waals surface area contributed by atoms with Crippen molar-refractivity contribution in [3.05, 3.63) is 96.1 Å². The minimum Gasteiger partial charge on any atom is -0.457 e. The standard InChI is InChI=1S/C31H32N8O2/c1-20(2)28-16-30(39(37-28)25-7-4-22-19-38(3)13-11-21(22)14-25)36-31(40)35-24-5-8-26(9-6-24)41-27-10-12-32-29(15-27)23-17-33-34-18-23/h4-10,12,14-18,20H,11,13,19H2,1-3H3,(H,33,34)(H2,35,36,40). The van der Waals surface area contributed by atoms with Gasteiger partial charge >= 0.3 is 6.03 Å². The van der Waals surface area contributed by atoms with Gasteiger partial charge in [-0.3, -0.25) is 15.4 Å². The lowest BCUT2D eigenvalue weighted by atomic mass is 9.99. The summed E-state index contributed by atoms with van der Waals surface area (Å²) in [7, 11) is 2.14. The molecule has 10 heteroatoms. The van der Waals surface area contributed by atoms with Crippen LogP contribution in [-0.4, -0.2) is 49.5 Å². The largest absolute Gasteiger partial charge is 0.457 e. The maximum absolute atomic E-state index is 13.0. The summed E-state index contributed by atoms with van der Waals surface area (Å²) in [6.45, 7) is 6.15. The van der Waals surface area contributed by atoms with Crippen molar-refractivity contribution >= 4 is 17.5 Å². The molecule has 3 N–H and O–H groups in total. The predicted molar refractivity (Wildman–Crippen MR) is 159 cm³/mol. The monoisotopic (exact) mass is 548 g/mol. The van der Waals surface area contributed by atoms with E-state index in [1.165, 1.54) is 11.1 Å². The normalized spacial score (nSPS) is 13.2. The van der Waals surface area contributed by atoms with E-state index in [0.29, 0.717) is 23.0 Å². The second kappa shape index (κ2) is 11.3. The molecule has 0 bridgehead atoms. The molecular formula is C31H32N8O2. The van der Waals surface area contributed by atoms with Crippen molar-refractivity contribution in [2.75, 3.05) is 24.2 Å². The van der Waals surface area contributed by atoms with Crippen LogP contribution >= 0.6 is 0 Å². The van der Waals surface area contributed by atoms with E-state index in [-0.39, 0.29) is 11.9 Å². The number of pyridine rings is 1. The third-order valence-corrected chi connectivity index (χ3v) is 7.07. The average Bonchev–Trinajstić information content (AvgIpc) is 3.65. The molecule has 2 aromatic carbocycles. The van der Waals surface area contributed by atoms with Crippen molar-refractivity contribution in [1.82, 2.24) is 29.9 Å². The lowest BCUT2D eigenvalue weighted by Gasteiger charge is -2.25. The van der Waals surface area contributed by atoms with Gasteiger partial charge in [0, 0.05) is 48.9 Å². The summed E-state index contributed by atoms with van der Waals surface area (Å²) in [6, 6.07) is 18.8. The van der Waals surface area contributed by atoms with Crippen LogP contribution in [0.2, 0.25) is 0 Å². The number of amides is 2. The molecule has 0 fully saturated rings. The van der Waals surface area contributed by atoms with E-state index in [2.05, 4.69) is 69.8 Å². The molecule has 0 spiro atoms. The number of nitrogens with one attached hydrogen (secondary N) is 3. The van der Waals surface area contributed by atoms with Crippen LogP contribution in [0.4, 0.5) is 16.3 Å². The molecule has 0 saturated carbocycles. The Bertz CT molecular complexity index is 1660. The van der Waals surface area contributed by atoms with Gasteiger partial charge in [0.1, 0.15) is 17.3 Å². The highest BCUT2D eigenvalue weighted by Crippen LogP contribution is 2.28. The lowest BCUT2D eigenvalue weighted by Crippen LogP contribution is -2.26. The highest BCUT2D eigenvalue weighted by Gasteiger charge is 2.18. The fourth-order valence-electron chi connectivity index (χ4n) is 4.82. The van der Waals surface area contributed by atoms with Crippen molar-refractivity contribution < 1.29 is 9.53 Å². The lowest BCUT2D eigenvalue weighted by molar-refractivity contribution is 0.262. The number of likely N-dealkylation sites (N-methyl/N-ethyl adjacent to an activating group) is 1. The summed E-state index contributed by atoms with van der Waals surface area (Å²) < 4.78 is 7.81. The number of ether oxygens (including phenoxy) is 1. The van der Waals surface area contributed by atoms with E-state index in [1.807, 2.05) is 16.8 Å². The Morgan fingerprint density at radius 3 is 2.63 bits per heavy atom. The smallest absolute Gasteiger partial charge is 0.324 e. The van der Waals surface area contributed by atoms with Gasteiger partial charge in [-0.05, 0) is 73.0 Å². The number of aromatic nitrogens is 5. The molecule has 0 radical (unpaired) electrons. The molecule has 1 aliphatic heterocycles. The van der Waals surface area contributed by atoms with Gasteiger partial charge in [0.05, 0.1) is 23.3 Å². The Labute approximate surface area is 238 Å². The highest BCUT2D eigenvalue weighted by atomic mass is 16.5. The Kier molecular flexibility index (Phi) is 7.22. The van der Waals surface area contributed by atoms with Crippen molar-refractivity contribution in [2.24, 2.45) is 0 Å². The summed E-state index contributed by atoms with van der Waals surface area (Å²) in [4.78, 5) is 19.7. The molecule has 6 rings (SSSR count). The van der Waals surface area contributed by atoms with E-state index in [0.717, 1.165) is 42.1 Å². The number of hydrogen-bond donors (Lipinski definition) is 3. The number of nitrogens with zero attached hydrogens (tertiary/aromatic N) is 5. The van der Waals surface area contributed by atoms with Crippen molar-refractivity contribution in [3.63, 3.8) is 0 Å². The third kappa shape index (κ3) is 5.97. The number of urea groups is 1. The Morgan fingerprint density at radius 2 is 1.85 bits per heavy atom. The number of carbonyl (C=O) groups is 1. The average molecular weight is 549 g/mol. The zero-order chi connectivity index (χ0) is 28.3. The summed E-state index contributed by atoms with van der Waals surface area (Å²) >= 11 is 0. The van der Waals surface area contributed by atoms with Crippen LogP contribution in [0.3, 0.4) is 0 Å². The van der Waals surface area contributed by atoms with Crippen LogP contribution < -0.4 is 15.4 Å². The van der Waals surface area contributed by atoms with Crippen LogP contribution in [0.5, 0.6) is 11.5 Å². The number of carbonyl (C=O) groups excluding carboxylic acids is 1. The molecule has 208 valence electrons. The second-order valence-corrected chi connectivity index (χ2v) is 10.5. The number of aromatic amines is 1. The van der Waals surface area contributed by atoms with E-state index < -0.39 is 0 Å². The number of hydrogen-bond acceptors (Lipinski definition) is 6. The molecule has 5 aromatic rings. The molecule has 2 amide bonds. The Morgan fingerprint density at radius 1 is 1.00 bits per heavy atom. The summed E-state index contributed by atoms with van der Waals surface area (Å²) in [5.41, 5.74) is 6.77. The van der Waals surface area contributed by atoms with Crippen molar-refractivity contribution in [3.8, 4) is 28.4 Å². The van der Waals surface area contributed by atoms with Gasteiger partial charge in [-0.15, -0.1) is 0 Å². The molecular weight excluding hydrogens is 516 g/mol. The van der Waals surface area contributed by atoms with Gasteiger partial charge in [-0.25, -0.2) is 9.48 Å². The topological polar surface area (TPSA) is 113 Å². The minimum atomic E-state index is -0.353. The van der Waals surface area contributed by atoms with Gasteiger partial charge in [-0.2, -0.15) is 10.2 Å². The van der Waals surface area contributed by atoms with Crippen molar-refractivity contribution in [2.45, 2.75) is 32.7 Å². The van der Waals surface area contributed by atoms with Gasteiger partial charge in [0.25, 0.3) is 0 Å². The van der Waals surface area contributed by atoms with Gasteiger partial charge in [-0.1, -0.05) is 19.9 Å². The SMILES string of the molecule is CC(C)c1cc(NC(=O)Nc2ccc(Oc3ccnc(-c4cn[nH]c4)c3)cc2)n(-c2ccc3c(c2)CCN(C)C3)n1. The molecule has 0 atom stereocenters. The highest BCUT2D eigenvalue weighted by molar-refractivity contribution is 5.99. The molecule has 0 aliphatic carbocycles. The number of benzene rings is 2. The number of H-pyrrole nitrogens is 1. The van der Waals surface area contributed by atoms with Crippen LogP contribution in [0, 0.1) is 0 Å². The molecule has 0 unspecified atom stereocenters. The number of fused-ring (bicyclic) bond motifs is 1. The Hall–Kier alpha value is -4.96. The summed E-state index contributed by atoms with van der Waals surface area (Å²) in [5, 5.41) is 17.5. The Balaban J connectivity index is 1.14. The molecule has 0 saturated heterocycles. The first-order valence-corrected chi connectivity index (χ1v) is 13.6. The van der Waals surface area contributed by atoms with Crippen LogP contribution in [0.1, 0.15) is 36.6 Å². The van der Waals surface area contributed by atoms with Crippen molar-refractivity contribution in [1.29, 1.82) is 0 Å². The predicted octanol–water partition coefficient (Wildman–Crippen LogP) is 6.21. The number of anilines is 2. The van der Waals surface area contributed by atoms with Gasteiger partial charge in [0.15, 0.2) is 0 Å². The van der Waals surface area contributed by atoms with E-state index in [1.54, 1.807) is 48.9 Å². The first-order valence-electron chi connectivity index (χ1n) is 13.6. The van der Waals surface area contributed by atoms with E-state index in [9.17, 15) is 4.79 Å². The maximum atomic E-state index is 13.0. The fourth-order valence-corrected chi connectivity index (χ4v) is 4.82. The first-order chi connectivity index (χ1) is 19.9. The summed E-state index contributed by atoms with van der Waals surface area (Å²) in [5.74, 6) is 2.12. The van der Waals surface area contributed by atoms with Crippen LogP contribution in [0.15, 0.2) is 79.3 Å². The number of rotatable bonds is 7. The van der Waals surface area contributed by atoms with Gasteiger partial charge < -0.3 is 15.0 Å². The maximum Gasteiger partial charge on any atom is 0.324 e. The van der Waals surface area contributed by atoms with Crippen LogP contribution in [-0.2, 0) is 13.0 Å². The zero-order valence-electron chi connectivity index (χ0n) is 23.3. The van der Waals surface area contributed by atoms with E-state index >= 15 is 0 Å². The van der Waals surface area contributed by atoms with Gasteiger partial charge in [0.2, 0.25) is 0 Å². The first kappa shape index (κ1) is 26.3. The van der Waals surface area contributed by atoms with Crippen LogP contribution in [0.25, 0.3) is 16.9 Å². The molecule has 4 heterocycles. The second-order valence-electron chi connectivity index (χ2n) is 10.5. The zero-order valence-corrected chi connectivity index (χ0v) is 23.3. The summed E-state index contributed by atoms with van der Waals surface area (Å²) in [6.07, 6.45) is 6.17. The molecule has 3 aromatic heterocycles. The third-order valence-electron chi connectivity index (χ3n) is 7.07. The molecule has 10 nitrogen and oxygen atoms in total.